The standard InChI is InChI=1S/C24H24FN5O2/c1-29(13-4-7-19-16-23(27-26-19)17-5-3-6-18(25)15-17)24(31)22-12-14-30(28-22)20-8-10-21(32-2)11-9-20/h3,5-6,8-12,14-16H,4,7,13H2,1-2H3,(H,26,27). The van der Waals surface area contributed by atoms with Crippen LogP contribution in [0.5, 0.6) is 5.75 Å². The van der Waals surface area contributed by atoms with E-state index < -0.39 is 0 Å². The van der Waals surface area contributed by atoms with Gasteiger partial charge in [-0.25, -0.2) is 9.07 Å². The second-order valence-electron chi connectivity index (χ2n) is 7.46. The predicted octanol–water partition coefficient (Wildman–Crippen LogP) is 4.11. The van der Waals surface area contributed by atoms with Crippen molar-refractivity contribution in [2.45, 2.75) is 12.8 Å². The molecule has 0 aliphatic carbocycles. The minimum absolute atomic E-state index is 0.137. The summed E-state index contributed by atoms with van der Waals surface area (Å²) in [6, 6.07) is 17.4. The Kier molecular flexibility index (Phi) is 6.30. The lowest BCUT2D eigenvalue weighted by Crippen LogP contribution is -2.28. The van der Waals surface area contributed by atoms with Gasteiger partial charge in [-0.3, -0.25) is 9.89 Å². The fourth-order valence-corrected chi connectivity index (χ4v) is 3.41. The van der Waals surface area contributed by atoms with Crippen molar-refractivity contribution in [1.29, 1.82) is 0 Å². The third-order valence-corrected chi connectivity index (χ3v) is 5.18. The largest absolute Gasteiger partial charge is 0.497 e. The summed E-state index contributed by atoms with van der Waals surface area (Å²) in [5.41, 5.74) is 3.60. The highest BCUT2D eigenvalue weighted by Gasteiger charge is 2.15. The monoisotopic (exact) mass is 433 g/mol. The van der Waals surface area contributed by atoms with Gasteiger partial charge in [0, 0.05) is 31.0 Å². The molecule has 0 aliphatic rings. The fourth-order valence-electron chi connectivity index (χ4n) is 3.41. The number of hydrogen-bond acceptors (Lipinski definition) is 4. The van der Waals surface area contributed by atoms with Crippen molar-refractivity contribution < 1.29 is 13.9 Å². The molecule has 4 aromatic rings. The number of methoxy groups -OCH3 is 1. The number of carbonyl (C=O) groups is 1. The number of H-pyrrole nitrogens is 1. The van der Waals surface area contributed by atoms with Crippen LogP contribution in [0.4, 0.5) is 4.39 Å². The summed E-state index contributed by atoms with van der Waals surface area (Å²) in [5.74, 6) is 0.334. The average Bonchev–Trinajstić information content (AvgIpc) is 3.49. The zero-order chi connectivity index (χ0) is 22.5. The SMILES string of the molecule is COc1ccc(-n2ccc(C(=O)N(C)CCCc3cc(-c4cccc(F)c4)n[nH]3)n2)cc1. The Hall–Kier alpha value is -3.94. The van der Waals surface area contributed by atoms with Crippen molar-refractivity contribution in [3.63, 3.8) is 0 Å². The molecular formula is C24H24FN5O2. The molecule has 32 heavy (non-hydrogen) atoms. The summed E-state index contributed by atoms with van der Waals surface area (Å²) in [4.78, 5) is 14.4. The minimum atomic E-state index is -0.290. The van der Waals surface area contributed by atoms with Gasteiger partial charge in [0.05, 0.1) is 18.5 Å². The van der Waals surface area contributed by atoms with Crippen molar-refractivity contribution in [2.24, 2.45) is 0 Å². The third-order valence-electron chi connectivity index (χ3n) is 5.18. The number of aromatic amines is 1. The molecule has 164 valence electrons. The molecule has 0 saturated heterocycles. The van der Waals surface area contributed by atoms with Gasteiger partial charge in [-0.15, -0.1) is 0 Å². The van der Waals surface area contributed by atoms with E-state index >= 15 is 0 Å². The molecule has 2 aromatic heterocycles. The number of aromatic nitrogens is 4. The maximum Gasteiger partial charge on any atom is 0.274 e. The summed E-state index contributed by atoms with van der Waals surface area (Å²) < 4.78 is 20.2. The highest BCUT2D eigenvalue weighted by molar-refractivity contribution is 5.92. The minimum Gasteiger partial charge on any atom is -0.497 e. The molecule has 0 fully saturated rings. The Morgan fingerprint density at radius 3 is 2.72 bits per heavy atom. The number of nitrogens with zero attached hydrogens (tertiary/aromatic N) is 4. The average molecular weight is 433 g/mol. The van der Waals surface area contributed by atoms with Gasteiger partial charge in [0.1, 0.15) is 11.6 Å². The van der Waals surface area contributed by atoms with Crippen molar-refractivity contribution in [3.8, 4) is 22.7 Å². The lowest BCUT2D eigenvalue weighted by Gasteiger charge is -2.15. The van der Waals surface area contributed by atoms with Crippen molar-refractivity contribution in [3.05, 3.63) is 84.1 Å². The number of aryl methyl sites for hydroxylation is 1. The number of amides is 1. The van der Waals surface area contributed by atoms with E-state index in [9.17, 15) is 9.18 Å². The highest BCUT2D eigenvalue weighted by Crippen LogP contribution is 2.19. The lowest BCUT2D eigenvalue weighted by atomic mass is 10.1. The maximum absolute atomic E-state index is 13.4. The second-order valence-corrected chi connectivity index (χ2v) is 7.46. The van der Waals surface area contributed by atoms with Crippen LogP contribution in [0.3, 0.4) is 0 Å². The second kappa shape index (κ2) is 9.47. The van der Waals surface area contributed by atoms with Gasteiger partial charge in [0.15, 0.2) is 5.69 Å². The van der Waals surface area contributed by atoms with Gasteiger partial charge in [-0.2, -0.15) is 10.2 Å². The Balaban J connectivity index is 1.31. The first-order valence-electron chi connectivity index (χ1n) is 10.3. The van der Waals surface area contributed by atoms with E-state index in [1.807, 2.05) is 36.4 Å². The maximum atomic E-state index is 13.4. The van der Waals surface area contributed by atoms with Gasteiger partial charge < -0.3 is 9.64 Å². The Bertz CT molecular complexity index is 1200. The summed E-state index contributed by atoms with van der Waals surface area (Å²) in [7, 11) is 3.38. The predicted molar refractivity (Wildman–Crippen MR) is 119 cm³/mol. The molecule has 0 aliphatic heterocycles. The molecule has 7 nitrogen and oxygen atoms in total. The molecular weight excluding hydrogens is 409 g/mol. The zero-order valence-corrected chi connectivity index (χ0v) is 18.0. The van der Waals surface area contributed by atoms with Crippen LogP contribution >= 0.6 is 0 Å². The molecule has 1 N–H and O–H groups in total. The number of carbonyl (C=O) groups excluding carboxylic acids is 1. The van der Waals surface area contributed by atoms with Crippen LogP contribution in [-0.4, -0.2) is 51.5 Å². The smallest absolute Gasteiger partial charge is 0.274 e. The van der Waals surface area contributed by atoms with Crippen molar-refractivity contribution in [2.75, 3.05) is 20.7 Å². The molecule has 0 saturated carbocycles. The number of hydrogen-bond donors (Lipinski definition) is 1. The Morgan fingerprint density at radius 2 is 1.97 bits per heavy atom. The van der Waals surface area contributed by atoms with Crippen LogP contribution < -0.4 is 4.74 Å². The van der Waals surface area contributed by atoms with Gasteiger partial charge >= 0.3 is 0 Å². The van der Waals surface area contributed by atoms with E-state index in [1.165, 1.54) is 12.1 Å². The molecule has 0 bridgehead atoms. The van der Waals surface area contributed by atoms with E-state index in [2.05, 4.69) is 15.3 Å². The Labute approximate surface area is 185 Å². The Morgan fingerprint density at radius 1 is 1.16 bits per heavy atom. The van der Waals surface area contributed by atoms with Crippen LogP contribution in [0.25, 0.3) is 16.9 Å². The molecule has 0 atom stereocenters. The van der Waals surface area contributed by atoms with Crippen LogP contribution in [-0.2, 0) is 6.42 Å². The molecule has 2 aromatic carbocycles. The summed E-state index contributed by atoms with van der Waals surface area (Å²) in [6.45, 7) is 0.572. The van der Waals surface area contributed by atoms with Crippen molar-refractivity contribution in [1.82, 2.24) is 24.9 Å². The summed E-state index contributed by atoms with van der Waals surface area (Å²) in [6.07, 6.45) is 3.24. The van der Waals surface area contributed by atoms with E-state index in [1.54, 1.807) is 42.1 Å². The summed E-state index contributed by atoms with van der Waals surface area (Å²) in [5, 5.41) is 11.7. The molecule has 4 rings (SSSR count). The van der Waals surface area contributed by atoms with Gasteiger partial charge in [-0.1, -0.05) is 12.1 Å². The first-order chi connectivity index (χ1) is 15.5. The quantitative estimate of drug-likeness (QED) is 0.454. The summed E-state index contributed by atoms with van der Waals surface area (Å²) >= 11 is 0. The zero-order valence-electron chi connectivity index (χ0n) is 18.0. The molecule has 0 radical (unpaired) electrons. The van der Waals surface area contributed by atoms with Crippen molar-refractivity contribution >= 4 is 5.91 Å². The third kappa shape index (κ3) is 4.85. The van der Waals surface area contributed by atoms with E-state index in [0.717, 1.165) is 35.5 Å². The van der Waals surface area contributed by atoms with E-state index in [0.29, 0.717) is 17.9 Å². The number of ether oxygens (including phenoxy) is 1. The normalized spacial score (nSPS) is 10.8. The van der Waals surface area contributed by atoms with E-state index in [4.69, 9.17) is 4.74 Å². The molecule has 0 unspecified atom stereocenters. The van der Waals surface area contributed by atoms with Gasteiger partial charge in [0.2, 0.25) is 0 Å². The lowest BCUT2D eigenvalue weighted by molar-refractivity contribution is 0.0787. The number of nitrogens with one attached hydrogen (secondary N) is 1. The van der Waals surface area contributed by atoms with Crippen LogP contribution in [0, 0.1) is 5.82 Å². The van der Waals surface area contributed by atoms with E-state index in [-0.39, 0.29) is 11.7 Å². The molecule has 8 heteroatoms. The fraction of sp³-hybridized carbons (Fsp3) is 0.208. The topological polar surface area (TPSA) is 76.0 Å². The highest BCUT2D eigenvalue weighted by atomic mass is 19.1. The number of benzene rings is 2. The molecule has 0 spiro atoms. The first-order valence-corrected chi connectivity index (χ1v) is 10.3. The number of rotatable bonds is 8. The van der Waals surface area contributed by atoms with Crippen LogP contribution in [0.2, 0.25) is 0 Å². The van der Waals surface area contributed by atoms with Gasteiger partial charge in [0.25, 0.3) is 5.91 Å². The first kappa shape index (κ1) is 21.3. The van der Waals surface area contributed by atoms with Crippen LogP contribution in [0.15, 0.2) is 66.9 Å². The molecule has 2 heterocycles. The molecule has 1 amide bonds. The van der Waals surface area contributed by atoms with Crippen LogP contribution in [0.1, 0.15) is 22.6 Å². The van der Waals surface area contributed by atoms with Gasteiger partial charge in [-0.05, 0) is 61.4 Å². The number of halogens is 1.